The van der Waals surface area contributed by atoms with Gasteiger partial charge in [0.05, 0.1) is 36.1 Å². The first kappa shape index (κ1) is 28.9. The summed E-state index contributed by atoms with van der Waals surface area (Å²) in [6, 6.07) is 10.8. The molecule has 2 aromatic heterocycles. The number of anilines is 2. The number of pyridine rings is 1. The van der Waals surface area contributed by atoms with Gasteiger partial charge in [-0.3, -0.25) is 28.1 Å². The zero-order chi connectivity index (χ0) is 29.6. The summed E-state index contributed by atoms with van der Waals surface area (Å²) in [6.07, 6.45) is 0.938. The van der Waals surface area contributed by atoms with Crippen molar-refractivity contribution >= 4 is 50.8 Å². The third-order valence-electron chi connectivity index (χ3n) is 7.28. The number of Topliss-reactive ketones (excluding diaryl/α,β-unsaturated/α-hetero) is 1. The number of rotatable bonds is 9. The fourth-order valence-corrected chi connectivity index (χ4v) is 5.35. The van der Waals surface area contributed by atoms with Gasteiger partial charge in [0.2, 0.25) is 0 Å². The molecule has 1 fully saturated rings. The zero-order valence-corrected chi connectivity index (χ0v) is 24.5. The summed E-state index contributed by atoms with van der Waals surface area (Å²) in [4.78, 5) is 54.1. The van der Waals surface area contributed by atoms with E-state index in [9.17, 15) is 33.8 Å². The largest absolute Gasteiger partial charge is 0.394 e. The normalized spacial score (nSPS) is 13.9. The average Bonchev–Trinajstić information content (AvgIpc) is 3.77. The van der Waals surface area contributed by atoms with E-state index >= 15 is 0 Å². The Morgan fingerprint density at radius 1 is 1.15 bits per heavy atom. The second kappa shape index (κ2) is 11.3. The molecule has 2 heterocycles. The minimum atomic E-state index is -1.43. The molecule has 1 saturated carbocycles. The molecule has 1 aliphatic rings. The standard InChI is InChI=1S/C29H28FIN4O6/c1-15-25-24(26(33(2)27(15)39)32-22-9-8-18(31)12-21(22)30)28(40)34(13-20(37)14-36)29(41)35(25)19-5-3-4-17(11-19)23(38)10-16-6-7-16/h3-5,8-9,11-12,16,20,32,36-37H,6-7,10,13-14H2,1-2H3. The van der Waals surface area contributed by atoms with Crippen molar-refractivity contribution in [3.8, 4) is 5.69 Å². The Balaban J connectivity index is 1.85. The van der Waals surface area contributed by atoms with E-state index in [2.05, 4.69) is 5.32 Å². The molecule has 0 bridgehead atoms. The third-order valence-corrected chi connectivity index (χ3v) is 7.95. The van der Waals surface area contributed by atoms with E-state index in [1.54, 1.807) is 24.3 Å². The monoisotopic (exact) mass is 674 g/mol. The van der Waals surface area contributed by atoms with Gasteiger partial charge in [0.25, 0.3) is 11.1 Å². The molecular weight excluding hydrogens is 646 g/mol. The van der Waals surface area contributed by atoms with Gasteiger partial charge in [0, 0.05) is 28.2 Å². The predicted octanol–water partition coefficient (Wildman–Crippen LogP) is 2.98. The third kappa shape index (κ3) is 5.51. The molecule has 214 valence electrons. The van der Waals surface area contributed by atoms with Crippen molar-refractivity contribution in [1.29, 1.82) is 0 Å². The fourth-order valence-electron chi connectivity index (χ4n) is 4.90. The van der Waals surface area contributed by atoms with Crippen LogP contribution >= 0.6 is 22.6 Å². The van der Waals surface area contributed by atoms with E-state index in [0.717, 1.165) is 26.5 Å². The Morgan fingerprint density at radius 2 is 1.88 bits per heavy atom. The Kier molecular flexibility index (Phi) is 7.99. The number of carbonyl (C=O) groups is 1. The number of aryl methyl sites for hydroxylation is 1. The molecule has 4 aromatic rings. The quantitative estimate of drug-likeness (QED) is 0.184. The van der Waals surface area contributed by atoms with Crippen LogP contribution in [0.2, 0.25) is 0 Å². The van der Waals surface area contributed by atoms with Crippen molar-refractivity contribution in [2.45, 2.75) is 38.8 Å². The van der Waals surface area contributed by atoms with E-state index in [-0.39, 0.29) is 39.4 Å². The van der Waals surface area contributed by atoms with Crippen molar-refractivity contribution in [2.75, 3.05) is 11.9 Å². The SMILES string of the molecule is Cc1c(=O)n(C)c(Nc2ccc(I)cc2F)c2c(=O)n(CC(O)CO)c(=O)n(-c3cccc(C(=O)CC4CC4)c3)c12. The smallest absolute Gasteiger partial charge is 0.336 e. The highest BCUT2D eigenvalue weighted by molar-refractivity contribution is 14.1. The molecule has 5 rings (SSSR count). The molecule has 1 atom stereocenters. The van der Waals surface area contributed by atoms with Crippen LogP contribution in [0.5, 0.6) is 0 Å². The molecule has 0 amide bonds. The molecule has 1 unspecified atom stereocenters. The lowest BCUT2D eigenvalue weighted by Gasteiger charge is -2.21. The zero-order valence-electron chi connectivity index (χ0n) is 22.4. The van der Waals surface area contributed by atoms with Crippen molar-refractivity contribution in [3.05, 3.63) is 94.2 Å². The van der Waals surface area contributed by atoms with Gasteiger partial charge in [0.1, 0.15) is 17.0 Å². The highest BCUT2D eigenvalue weighted by atomic mass is 127. The Morgan fingerprint density at radius 3 is 2.54 bits per heavy atom. The van der Waals surface area contributed by atoms with Gasteiger partial charge in [-0.05, 0) is 78.6 Å². The van der Waals surface area contributed by atoms with E-state index in [1.165, 1.54) is 32.2 Å². The van der Waals surface area contributed by atoms with Gasteiger partial charge >= 0.3 is 5.69 Å². The number of ketones is 1. The molecule has 2 aromatic carbocycles. The number of aliphatic hydroxyl groups is 2. The first-order valence-corrected chi connectivity index (χ1v) is 14.1. The summed E-state index contributed by atoms with van der Waals surface area (Å²) in [6.45, 7) is 0.230. The van der Waals surface area contributed by atoms with E-state index in [1.807, 2.05) is 22.6 Å². The average molecular weight is 674 g/mol. The summed E-state index contributed by atoms with van der Waals surface area (Å²) in [5.74, 6) is -0.427. The van der Waals surface area contributed by atoms with Crippen LogP contribution in [0.25, 0.3) is 16.6 Å². The number of aromatic nitrogens is 3. The Hall–Kier alpha value is -3.62. The number of benzene rings is 2. The van der Waals surface area contributed by atoms with Crippen LogP contribution in [0.3, 0.4) is 0 Å². The highest BCUT2D eigenvalue weighted by Gasteiger charge is 2.27. The lowest BCUT2D eigenvalue weighted by atomic mass is 10.0. The topological polar surface area (TPSA) is 136 Å². The predicted molar refractivity (Wildman–Crippen MR) is 161 cm³/mol. The van der Waals surface area contributed by atoms with E-state index in [4.69, 9.17) is 0 Å². The second-order valence-electron chi connectivity index (χ2n) is 10.3. The summed E-state index contributed by atoms with van der Waals surface area (Å²) in [7, 11) is 1.42. The van der Waals surface area contributed by atoms with Crippen LogP contribution in [0.15, 0.2) is 56.8 Å². The molecule has 41 heavy (non-hydrogen) atoms. The van der Waals surface area contributed by atoms with Crippen LogP contribution in [0, 0.1) is 22.2 Å². The van der Waals surface area contributed by atoms with Crippen LogP contribution in [-0.2, 0) is 13.6 Å². The Labute approximate surface area is 246 Å². The van der Waals surface area contributed by atoms with Gasteiger partial charge in [-0.25, -0.2) is 9.18 Å². The molecule has 0 radical (unpaired) electrons. The van der Waals surface area contributed by atoms with Crippen molar-refractivity contribution in [1.82, 2.24) is 13.7 Å². The minimum Gasteiger partial charge on any atom is -0.394 e. The van der Waals surface area contributed by atoms with E-state index in [0.29, 0.717) is 21.5 Å². The first-order valence-electron chi connectivity index (χ1n) is 13.1. The lowest BCUT2D eigenvalue weighted by Crippen LogP contribution is -2.44. The molecule has 0 spiro atoms. The maximum Gasteiger partial charge on any atom is 0.336 e. The maximum atomic E-state index is 14.9. The van der Waals surface area contributed by atoms with Crippen LogP contribution in [0.4, 0.5) is 15.9 Å². The number of nitrogens with zero attached hydrogens (tertiary/aromatic N) is 3. The molecule has 0 aliphatic heterocycles. The van der Waals surface area contributed by atoms with Gasteiger partial charge in [-0.15, -0.1) is 0 Å². The number of nitrogens with one attached hydrogen (secondary N) is 1. The molecule has 3 N–H and O–H groups in total. The first-order chi connectivity index (χ1) is 19.5. The highest BCUT2D eigenvalue weighted by Crippen LogP contribution is 2.34. The van der Waals surface area contributed by atoms with E-state index < -0.39 is 41.9 Å². The van der Waals surface area contributed by atoms with Crippen LogP contribution in [0.1, 0.15) is 35.2 Å². The molecular formula is C29H28FIN4O6. The summed E-state index contributed by atoms with van der Waals surface area (Å²) < 4.78 is 18.6. The number of hydrogen-bond donors (Lipinski definition) is 3. The van der Waals surface area contributed by atoms with Crippen molar-refractivity contribution in [3.63, 3.8) is 0 Å². The van der Waals surface area contributed by atoms with Crippen LogP contribution < -0.4 is 22.1 Å². The summed E-state index contributed by atoms with van der Waals surface area (Å²) in [5.41, 5.74) is -1.58. The van der Waals surface area contributed by atoms with Gasteiger partial charge in [-0.1, -0.05) is 12.1 Å². The molecule has 1 aliphatic carbocycles. The number of fused-ring (bicyclic) bond motifs is 1. The molecule has 12 heteroatoms. The van der Waals surface area contributed by atoms with Crippen molar-refractivity contribution in [2.24, 2.45) is 13.0 Å². The lowest BCUT2D eigenvalue weighted by molar-refractivity contribution is 0.0793. The maximum absolute atomic E-state index is 14.9. The second-order valence-corrected chi connectivity index (χ2v) is 11.5. The van der Waals surface area contributed by atoms with Gasteiger partial charge < -0.3 is 15.5 Å². The Bertz CT molecular complexity index is 1870. The molecule has 10 nitrogen and oxygen atoms in total. The summed E-state index contributed by atoms with van der Waals surface area (Å²) >= 11 is 1.96. The number of hydrogen-bond acceptors (Lipinski definition) is 7. The number of halogens is 2. The van der Waals surface area contributed by atoms with Gasteiger partial charge in [-0.2, -0.15) is 0 Å². The molecule has 0 saturated heterocycles. The number of carbonyl (C=O) groups excluding carboxylic acids is 1. The van der Waals surface area contributed by atoms with Crippen LogP contribution in [-0.4, -0.2) is 42.4 Å². The summed E-state index contributed by atoms with van der Waals surface area (Å²) in [5, 5.41) is 22.4. The van der Waals surface area contributed by atoms with Crippen molar-refractivity contribution < 1.29 is 19.4 Å². The minimum absolute atomic E-state index is 0.00247. The fraction of sp³-hybridized carbons (Fsp3) is 0.310. The number of aliphatic hydroxyl groups excluding tert-OH is 2. The van der Waals surface area contributed by atoms with Gasteiger partial charge in [0.15, 0.2) is 5.78 Å².